The number of hydrogen-bond acceptors (Lipinski definition) is 6. The lowest BCUT2D eigenvalue weighted by molar-refractivity contribution is -0.144. The van der Waals surface area contributed by atoms with Crippen LogP contribution in [0.4, 0.5) is 22.0 Å². The van der Waals surface area contributed by atoms with E-state index in [1.807, 2.05) is 5.10 Å². The maximum Gasteiger partial charge on any atom is 0.451 e. The lowest BCUT2D eigenvalue weighted by atomic mass is 10.0. The van der Waals surface area contributed by atoms with Crippen molar-refractivity contribution in [2.24, 2.45) is 0 Å². The molecule has 5 rings (SSSR count). The first kappa shape index (κ1) is 19.5. The highest BCUT2D eigenvalue weighted by atomic mass is 19.4. The molecular weight excluding hydrogens is 425 g/mol. The van der Waals surface area contributed by atoms with Gasteiger partial charge in [0.15, 0.2) is 0 Å². The zero-order chi connectivity index (χ0) is 22.0. The average Bonchev–Trinajstić information content (AvgIpc) is 3.43. The lowest BCUT2D eigenvalue weighted by Gasteiger charge is -2.32. The Morgan fingerprint density at radius 3 is 2.65 bits per heavy atom. The summed E-state index contributed by atoms with van der Waals surface area (Å²) in [5.74, 6) is -4.95. The van der Waals surface area contributed by atoms with Crippen LogP contribution in [0.5, 0.6) is 0 Å². The molecule has 1 aliphatic rings. The number of alkyl halides is 5. The van der Waals surface area contributed by atoms with E-state index in [2.05, 4.69) is 30.0 Å². The first-order valence-electron chi connectivity index (χ1n) is 9.18. The van der Waals surface area contributed by atoms with Gasteiger partial charge < -0.3 is 4.98 Å². The second-order valence-corrected chi connectivity index (χ2v) is 7.07. The maximum absolute atomic E-state index is 14.7. The van der Waals surface area contributed by atoms with Gasteiger partial charge in [-0.1, -0.05) is 6.92 Å². The fourth-order valence-corrected chi connectivity index (χ4v) is 3.61. The number of likely N-dealkylation sites (N-methyl/N-ethyl adjacent to an activating group) is 1. The van der Waals surface area contributed by atoms with Crippen LogP contribution >= 0.6 is 0 Å². The molecule has 0 radical (unpaired) electrons. The number of aromatic amines is 2. The predicted molar refractivity (Wildman–Crippen MR) is 95.8 cm³/mol. The highest BCUT2D eigenvalue weighted by Gasteiger charge is 2.42. The summed E-state index contributed by atoms with van der Waals surface area (Å²) in [6.07, 6.45) is -0.466. The number of imidazole rings is 2. The summed E-state index contributed by atoms with van der Waals surface area (Å²) in [5.41, 5.74) is 0.483. The Morgan fingerprint density at radius 2 is 2.00 bits per heavy atom. The minimum Gasteiger partial charge on any atom is -0.343 e. The van der Waals surface area contributed by atoms with E-state index in [0.29, 0.717) is 17.8 Å². The Hall–Kier alpha value is -3.42. The van der Waals surface area contributed by atoms with Gasteiger partial charge in [-0.05, 0) is 6.54 Å². The fraction of sp³-hybridized carbons (Fsp3) is 0.353. The van der Waals surface area contributed by atoms with Crippen LogP contribution in [0.3, 0.4) is 0 Å². The summed E-state index contributed by atoms with van der Waals surface area (Å²) in [6, 6.07) is 0. The minimum absolute atomic E-state index is 0.0542. The molecule has 0 aromatic carbocycles. The van der Waals surface area contributed by atoms with E-state index in [1.165, 1.54) is 23.1 Å². The van der Waals surface area contributed by atoms with Crippen molar-refractivity contribution in [1.29, 1.82) is 0 Å². The van der Waals surface area contributed by atoms with Crippen LogP contribution in [-0.2, 0) is 18.6 Å². The third-order valence-electron chi connectivity index (χ3n) is 5.02. The van der Waals surface area contributed by atoms with Crippen molar-refractivity contribution in [2.45, 2.75) is 25.6 Å². The highest BCUT2D eigenvalue weighted by Crippen LogP contribution is 2.38. The number of nitrogens with zero attached hydrogens (tertiary/aromatic N) is 7. The van der Waals surface area contributed by atoms with E-state index in [0.717, 1.165) is 0 Å². The third kappa shape index (κ3) is 3.13. The van der Waals surface area contributed by atoms with E-state index >= 15 is 0 Å². The molecule has 5 heterocycles. The molecule has 0 atom stereocenters. The first-order valence-corrected chi connectivity index (χ1v) is 9.18. The maximum atomic E-state index is 14.7. The van der Waals surface area contributed by atoms with Gasteiger partial charge in [0.1, 0.15) is 17.1 Å². The van der Waals surface area contributed by atoms with Gasteiger partial charge in [-0.3, -0.25) is 14.4 Å². The van der Waals surface area contributed by atoms with Crippen LogP contribution in [0.2, 0.25) is 0 Å². The van der Waals surface area contributed by atoms with E-state index in [-0.39, 0.29) is 29.5 Å². The zero-order valence-electron chi connectivity index (χ0n) is 15.9. The van der Waals surface area contributed by atoms with Crippen LogP contribution in [-0.4, -0.2) is 57.5 Å². The summed E-state index contributed by atoms with van der Waals surface area (Å²) in [5, 5.41) is 5.45. The van der Waals surface area contributed by atoms with Crippen molar-refractivity contribution in [3.63, 3.8) is 0 Å². The summed E-state index contributed by atoms with van der Waals surface area (Å²) in [6.45, 7) is 1.97. The van der Waals surface area contributed by atoms with E-state index in [1.54, 1.807) is 11.8 Å². The summed E-state index contributed by atoms with van der Waals surface area (Å²) >= 11 is 0. The minimum atomic E-state index is -4.73. The van der Waals surface area contributed by atoms with E-state index in [4.69, 9.17) is 0 Å². The average molecular weight is 439 g/mol. The van der Waals surface area contributed by atoms with Crippen LogP contribution < -0.4 is 0 Å². The molecule has 162 valence electrons. The first-order chi connectivity index (χ1) is 14.7. The molecule has 0 fully saturated rings. The van der Waals surface area contributed by atoms with Crippen molar-refractivity contribution in [2.75, 3.05) is 13.1 Å². The molecule has 0 bridgehead atoms. The number of fused-ring (bicyclic) bond motifs is 2. The van der Waals surface area contributed by atoms with Crippen molar-refractivity contribution >= 4 is 5.78 Å². The Kier molecular flexibility index (Phi) is 4.12. The molecule has 0 amide bonds. The molecule has 0 aliphatic carbocycles. The van der Waals surface area contributed by atoms with E-state index < -0.39 is 30.2 Å². The molecule has 0 unspecified atom stereocenters. The number of nitrogens with one attached hydrogen (secondary N) is 2. The summed E-state index contributed by atoms with van der Waals surface area (Å²) in [7, 11) is 0. The van der Waals surface area contributed by atoms with Crippen molar-refractivity contribution < 1.29 is 22.0 Å². The van der Waals surface area contributed by atoms with Gasteiger partial charge in [-0.2, -0.15) is 27.1 Å². The number of H-pyrrole nitrogens is 2. The van der Waals surface area contributed by atoms with Crippen LogP contribution in [0.1, 0.15) is 24.0 Å². The van der Waals surface area contributed by atoms with Crippen molar-refractivity contribution in [3.8, 4) is 22.9 Å². The highest BCUT2D eigenvalue weighted by molar-refractivity contribution is 5.76. The van der Waals surface area contributed by atoms with Gasteiger partial charge in [0.25, 0.3) is 0 Å². The van der Waals surface area contributed by atoms with Gasteiger partial charge in [-0.15, -0.1) is 0 Å². The van der Waals surface area contributed by atoms with Gasteiger partial charge >= 0.3 is 12.1 Å². The molecule has 2 N–H and O–H groups in total. The Labute approximate surface area is 170 Å². The number of halogens is 5. The fourth-order valence-electron chi connectivity index (χ4n) is 3.61. The second kappa shape index (κ2) is 6.54. The predicted octanol–water partition coefficient (Wildman–Crippen LogP) is 2.85. The molecule has 4 aromatic heterocycles. The quantitative estimate of drug-likeness (QED) is 0.476. The second-order valence-electron chi connectivity index (χ2n) is 7.07. The van der Waals surface area contributed by atoms with Gasteiger partial charge in [-0.25, -0.2) is 19.9 Å². The molecule has 31 heavy (non-hydrogen) atoms. The van der Waals surface area contributed by atoms with Crippen LogP contribution in [0.25, 0.3) is 28.7 Å². The molecule has 14 heteroatoms. The molecule has 0 saturated heterocycles. The Morgan fingerprint density at radius 1 is 1.19 bits per heavy atom. The SMILES string of the molecule is CCN1Cc2cn3c(-c4cnc[nH]4)c(-c4n[nH]c(C(F)(F)F)n4)nc3nc2C(F)(F)C1. The summed E-state index contributed by atoms with van der Waals surface area (Å²) in [4.78, 5) is 20.1. The van der Waals surface area contributed by atoms with Crippen LogP contribution in [0, 0.1) is 0 Å². The largest absolute Gasteiger partial charge is 0.451 e. The molecular formula is C17H14F5N9. The number of rotatable bonds is 3. The third-order valence-corrected chi connectivity index (χ3v) is 5.02. The number of hydrogen-bond donors (Lipinski definition) is 2. The molecule has 4 aromatic rings. The molecule has 9 nitrogen and oxygen atoms in total. The molecule has 0 spiro atoms. The summed E-state index contributed by atoms with van der Waals surface area (Å²) < 4.78 is 69.7. The zero-order valence-corrected chi connectivity index (χ0v) is 15.9. The van der Waals surface area contributed by atoms with E-state index in [9.17, 15) is 22.0 Å². The number of aromatic nitrogens is 8. The molecule has 0 saturated carbocycles. The standard InChI is InChI=1S/C17H14F5N9/c1-2-30-4-8-5-31-11(9-3-23-7-24-9)10(13-27-14(29-28-13)17(20,21)22)25-15(31)26-12(8)16(18,19)6-30/h3,5,7H,2,4,6H2,1H3,(H,23,24)(H,27,28,29). The van der Waals surface area contributed by atoms with Gasteiger partial charge in [0.05, 0.1) is 24.8 Å². The van der Waals surface area contributed by atoms with Gasteiger partial charge in [0, 0.05) is 18.3 Å². The van der Waals surface area contributed by atoms with Crippen molar-refractivity contribution in [3.05, 3.63) is 35.8 Å². The van der Waals surface area contributed by atoms with Gasteiger partial charge in [0.2, 0.25) is 17.4 Å². The Bertz CT molecular complexity index is 1260. The smallest absolute Gasteiger partial charge is 0.343 e. The Balaban J connectivity index is 1.75. The normalized spacial score (nSPS) is 16.7. The van der Waals surface area contributed by atoms with Crippen molar-refractivity contribution in [1.82, 2.24) is 44.4 Å². The monoisotopic (exact) mass is 439 g/mol. The van der Waals surface area contributed by atoms with Crippen LogP contribution in [0.15, 0.2) is 18.7 Å². The topological polar surface area (TPSA) is 104 Å². The molecule has 1 aliphatic heterocycles. The lowest BCUT2D eigenvalue weighted by Crippen LogP contribution is -2.41.